The number of aryl methyl sites for hydroxylation is 1. The number of benzene rings is 2. The Balaban J connectivity index is 1.56. The second kappa shape index (κ2) is 7.37. The number of H-pyrrole nitrogens is 1. The lowest BCUT2D eigenvalue weighted by Crippen LogP contribution is -2.39. The van der Waals surface area contributed by atoms with Gasteiger partial charge in [0.25, 0.3) is 0 Å². The number of hydrogen-bond acceptors (Lipinski definition) is 3. The van der Waals surface area contributed by atoms with E-state index in [1.54, 1.807) is 24.3 Å². The number of pyridine rings is 1. The topological polar surface area (TPSA) is 65.2 Å². The van der Waals surface area contributed by atoms with Gasteiger partial charge in [-0.3, -0.25) is 14.5 Å². The van der Waals surface area contributed by atoms with E-state index in [9.17, 15) is 14.0 Å². The first-order valence-electron chi connectivity index (χ1n) is 9.03. The zero-order chi connectivity index (χ0) is 19.8. The van der Waals surface area contributed by atoms with Crippen LogP contribution in [0.4, 0.5) is 10.1 Å². The summed E-state index contributed by atoms with van der Waals surface area (Å²) in [4.78, 5) is 30.5. The fraction of sp³-hybridized carbons (Fsp3) is 0.238. The molecule has 0 saturated heterocycles. The van der Waals surface area contributed by atoms with Crippen LogP contribution in [0.5, 0.6) is 0 Å². The minimum atomic E-state index is -0.475. The number of carbonyl (C=O) groups excluding carboxylic acids is 1. The fourth-order valence-corrected chi connectivity index (χ4v) is 3.76. The molecule has 7 heteroatoms. The maximum Gasteiger partial charge on any atom is 0.238 e. The molecular weight excluding hydrogens is 381 g/mol. The number of fused-ring (bicyclic) bond motifs is 2. The molecule has 4 rings (SSSR count). The Hall–Kier alpha value is -2.70. The van der Waals surface area contributed by atoms with Crippen LogP contribution >= 0.6 is 11.6 Å². The molecule has 1 amide bonds. The van der Waals surface area contributed by atoms with Crippen LogP contribution in [0, 0.1) is 12.7 Å². The van der Waals surface area contributed by atoms with E-state index < -0.39 is 5.82 Å². The van der Waals surface area contributed by atoms with Gasteiger partial charge in [0.05, 0.1) is 17.7 Å². The van der Waals surface area contributed by atoms with Crippen LogP contribution in [-0.2, 0) is 17.8 Å². The highest BCUT2D eigenvalue weighted by atomic mass is 35.5. The van der Waals surface area contributed by atoms with Gasteiger partial charge in [-0.25, -0.2) is 4.39 Å². The van der Waals surface area contributed by atoms with Crippen molar-refractivity contribution in [2.45, 2.75) is 19.9 Å². The van der Waals surface area contributed by atoms with E-state index in [0.29, 0.717) is 35.5 Å². The monoisotopic (exact) mass is 399 g/mol. The first kappa shape index (κ1) is 18.7. The first-order valence-corrected chi connectivity index (χ1v) is 9.41. The highest BCUT2D eigenvalue weighted by Crippen LogP contribution is 2.25. The standard InChI is InChI=1S/C21H19ClFN3O2/c1-12-15(22)7-6-13-20(12)25-17-8-9-26(10-14(17)21(13)28)11-19(27)24-18-5-3-2-4-16(18)23/h2-7H,8-11H2,1H3,(H,24,27)(H,25,28). The normalized spacial score (nSPS) is 14.1. The summed E-state index contributed by atoms with van der Waals surface area (Å²) in [6, 6.07) is 9.50. The predicted molar refractivity (Wildman–Crippen MR) is 108 cm³/mol. The molecule has 1 aromatic heterocycles. The minimum absolute atomic E-state index is 0.0391. The lowest BCUT2D eigenvalue weighted by molar-refractivity contribution is -0.117. The number of hydrogen-bond donors (Lipinski definition) is 2. The molecule has 0 atom stereocenters. The molecule has 28 heavy (non-hydrogen) atoms. The number of halogens is 2. The minimum Gasteiger partial charge on any atom is -0.358 e. The largest absolute Gasteiger partial charge is 0.358 e. The van der Waals surface area contributed by atoms with Crippen molar-refractivity contribution in [3.63, 3.8) is 0 Å². The van der Waals surface area contributed by atoms with E-state index in [0.717, 1.165) is 16.8 Å². The summed E-state index contributed by atoms with van der Waals surface area (Å²) in [7, 11) is 0. The van der Waals surface area contributed by atoms with E-state index in [1.807, 2.05) is 11.8 Å². The van der Waals surface area contributed by atoms with Crippen LogP contribution in [0.2, 0.25) is 5.02 Å². The summed E-state index contributed by atoms with van der Waals surface area (Å²) in [5.74, 6) is -0.787. The summed E-state index contributed by atoms with van der Waals surface area (Å²) in [5, 5.41) is 3.79. The highest BCUT2D eigenvalue weighted by molar-refractivity contribution is 6.32. The van der Waals surface area contributed by atoms with E-state index >= 15 is 0 Å². The van der Waals surface area contributed by atoms with Crippen LogP contribution < -0.4 is 10.7 Å². The number of aromatic nitrogens is 1. The molecule has 1 aliphatic heterocycles. The summed E-state index contributed by atoms with van der Waals surface area (Å²) in [6.07, 6.45) is 0.624. The Bertz CT molecular complexity index is 1140. The van der Waals surface area contributed by atoms with Gasteiger partial charge in [-0.2, -0.15) is 0 Å². The average Bonchev–Trinajstić information content (AvgIpc) is 2.67. The smallest absolute Gasteiger partial charge is 0.238 e. The molecule has 2 heterocycles. The zero-order valence-electron chi connectivity index (χ0n) is 15.3. The van der Waals surface area contributed by atoms with Gasteiger partial charge in [-0.1, -0.05) is 23.7 Å². The van der Waals surface area contributed by atoms with Crippen molar-refractivity contribution in [2.75, 3.05) is 18.4 Å². The lowest BCUT2D eigenvalue weighted by atomic mass is 10.0. The number of para-hydroxylation sites is 1. The molecule has 2 aromatic carbocycles. The third-order valence-electron chi connectivity index (χ3n) is 5.13. The molecule has 2 N–H and O–H groups in total. The summed E-state index contributed by atoms with van der Waals surface area (Å²) in [5.41, 5.74) is 3.28. The second-order valence-electron chi connectivity index (χ2n) is 6.99. The molecule has 0 radical (unpaired) electrons. The number of amides is 1. The maximum atomic E-state index is 13.7. The number of carbonyl (C=O) groups is 1. The molecule has 5 nitrogen and oxygen atoms in total. The van der Waals surface area contributed by atoms with Crippen molar-refractivity contribution in [3.8, 4) is 0 Å². The SMILES string of the molecule is Cc1c(Cl)ccc2c(=O)c3c([nH]c12)CCN(CC(=O)Nc1ccccc1F)C3. The highest BCUT2D eigenvalue weighted by Gasteiger charge is 2.23. The van der Waals surface area contributed by atoms with Crippen molar-refractivity contribution in [2.24, 2.45) is 0 Å². The van der Waals surface area contributed by atoms with Crippen LogP contribution in [0.3, 0.4) is 0 Å². The Morgan fingerprint density at radius 3 is 2.86 bits per heavy atom. The number of aromatic amines is 1. The fourth-order valence-electron chi connectivity index (χ4n) is 3.61. The Kier molecular flexibility index (Phi) is 4.91. The van der Waals surface area contributed by atoms with Crippen molar-refractivity contribution in [1.82, 2.24) is 9.88 Å². The van der Waals surface area contributed by atoms with Gasteiger partial charge in [0.2, 0.25) is 5.91 Å². The van der Waals surface area contributed by atoms with Crippen LogP contribution in [0.15, 0.2) is 41.2 Å². The van der Waals surface area contributed by atoms with E-state index in [2.05, 4.69) is 10.3 Å². The summed E-state index contributed by atoms with van der Waals surface area (Å²) in [6.45, 7) is 2.96. The molecule has 1 aliphatic rings. The quantitative estimate of drug-likeness (QED) is 0.707. The van der Waals surface area contributed by atoms with Crippen LogP contribution in [0.1, 0.15) is 16.8 Å². The Labute approximate surface area is 166 Å². The number of anilines is 1. The molecule has 0 bridgehead atoms. The van der Waals surface area contributed by atoms with Crippen LogP contribution in [-0.4, -0.2) is 28.9 Å². The molecule has 0 unspecified atom stereocenters. The summed E-state index contributed by atoms with van der Waals surface area (Å²) >= 11 is 6.18. The molecular formula is C21H19ClFN3O2. The van der Waals surface area contributed by atoms with E-state index in [-0.39, 0.29) is 23.6 Å². The van der Waals surface area contributed by atoms with Crippen molar-refractivity contribution < 1.29 is 9.18 Å². The molecule has 0 spiro atoms. The third kappa shape index (κ3) is 3.41. The molecule has 3 aromatic rings. The number of nitrogens with one attached hydrogen (secondary N) is 2. The first-order chi connectivity index (χ1) is 13.4. The van der Waals surface area contributed by atoms with Crippen LogP contribution in [0.25, 0.3) is 10.9 Å². The molecule has 0 fully saturated rings. The lowest BCUT2D eigenvalue weighted by Gasteiger charge is -2.28. The van der Waals surface area contributed by atoms with Crippen molar-refractivity contribution >= 4 is 34.1 Å². The Morgan fingerprint density at radius 2 is 2.07 bits per heavy atom. The Morgan fingerprint density at radius 1 is 1.29 bits per heavy atom. The molecule has 0 saturated carbocycles. The van der Waals surface area contributed by atoms with E-state index in [1.165, 1.54) is 12.1 Å². The van der Waals surface area contributed by atoms with Crippen molar-refractivity contribution in [1.29, 1.82) is 0 Å². The molecule has 144 valence electrons. The van der Waals surface area contributed by atoms with Gasteiger partial charge >= 0.3 is 0 Å². The average molecular weight is 400 g/mol. The predicted octanol–water partition coefficient (Wildman–Crippen LogP) is 3.63. The summed E-state index contributed by atoms with van der Waals surface area (Å²) < 4.78 is 13.7. The van der Waals surface area contributed by atoms with Gasteiger partial charge < -0.3 is 10.3 Å². The third-order valence-corrected chi connectivity index (χ3v) is 5.54. The van der Waals surface area contributed by atoms with Gasteiger partial charge in [0, 0.05) is 41.2 Å². The van der Waals surface area contributed by atoms with Gasteiger partial charge in [0.15, 0.2) is 5.43 Å². The number of rotatable bonds is 3. The zero-order valence-corrected chi connectivity index (χ0v) is 16.1. The molecule has 0 aliphatic carbocycles. The number of nitrogens with zero attached hydrogens (tertiary/aromatic N) is 1. The second-order valence-corrected chi connectivity index (χ2v) is 7.40. The maximum absolute atomic E-state index is 13.7. The van der Waals surface area contributed by atoms with Gasteiger partial charge in [-0.15, -0.1) is 0 Å². The van der Waals surface area contributed by atoms with Crippen molar-refractivity contribution in [3.05, 3.63) is 74.3 Å². The van der Waals surface area contributed by atoms with E-state index in [4.69, 9.17) is 11.6 Å². The van der Waals surface area contributed by atoms with Gasteiger partial charge in [0.1, 0.15) is 5.82 Å². The van der Waals surface area contributed by atoms with Gasteiger partial charge in [-0.05, 0) is 36.8 Å².